The Morgan fingerprint density at radius 3 is 2.18 bits per heavy atom. The van der Waals surface area contributed by atoms with E-state index in [4.69, 9.17) is 0 Å². The first-order valence-corrected chi connectivity index (χ1v) is 13.9. The molecule has 0 bridgehead atoms. The van der Waals surface area contributed by atoms with Crippen molar-refractivity contribution >= 4 is 5.97 Å². The molecule has 192 valence electrons. The lowest BCUT2D eigenvalue weighted by molar-refractivity contribution is -0.218. The Kier molecular flexibility index (Phi) is 5.20. The molecule has 0 aliphatic heterocycles. The smallest absolute Gasteiger partial charge is 0.312 e. The van der Waals surface area contributed by atoms with E-state index in [1.807, 2.05) is 0 Å². The van der Waals surface area contributed by atoms with Crippen LogP contribution in [0.15, 0.2) is 11.6 Å². The van der Waals surface area contributed by atoms with E-state index in [0.717, 1.165) is 44.9 Å². The molecule has 0 radical (unpaired) electrons. The Labute approximate surface area is 206 Å². The maximum absolute atomic E-state index is 12.8. The summed E-state index contributed by atoms with van der Waals surface area (Å²) < 4.78 is 0. The lowest BCUT2D eigenvalue weighted by atomic mass is 9.33. The van der Waals surface area contributed by atoms with Gasteiger partial charge in [0.15, 0.2) is 0 Å². The zero-order valence-corrected chi connectivity index (χ0v) is 22.6. The van der Waals surface area contributed by atoms with Gasteiger partial charge in [-0.15, -0.1) is 0 Å². The predicted molar refractivity (Wildman–Crippen MR) is 134 cm³/mol. The molecular formula is C30H48O4. The van der Waals surface area contributed by atoms with Crippen molar-refractivity contribution in [2.75, 3.05) is 0 Å². The topological polar surface area (TPSA) is 77.8 Å². The average molecular weight is 473 g/mol. The van der Waals surface area contributed by atoms with Crippen LogP contribution in [0.1, 0.15) is 106 Å². The highest BCUT2D eigenvalue weighted by atomic mass is 16.4. The lowest BCUT2D eigenvalue weighted by Crippen LogP contribution is -2.67. The lowest BCUT2D eigenvalue weighted by Gasteiger charge is -2.71. The zero-order chi connectivity index (χ0) is 25.1. The fourth-order valence-electron chi connectivity index (χ4n) is 10.7. The second-order valence-corrected chi connectivity index (χ2v) is 15.2. The van der Waals surface area contributed by atoms with Gasteiger partial charge >= 0.3 is 5.97 Å². The maximum atomic E-state index is 12.8. The van der Waals surface area contributed by atoms with Crippen molar-refractivity contribution < 1.29 is 20.1 Å². The summed E-state index contributed by atoms with van der Waals surface area (Å²) in [5, 5.41) is 33.1. The number of hydrogen-bond acceptors (Lipinski definition) is 3. The Balaban J connectivity index is 1.63. The van der Waals surface area contributed by atoms with Crippen molar-refractivity contribution in [2.45, 2.75) is 118 Å². The summed E-state index contributed by atoms with van der Waals surface area (Å²) in [5.41, 5.74) is 0.295. The summed E-state index contributed by atoms with van der Waals surface area (Å²) in [6.45, 7) is 16.4. The Morgan fingerprint density at radius 2 is 1.53 bits per heavy atom. The molecule has 3 N–H and O–H groups in total. The number of fused-ring (bicyclic) bond motifs is 7. The minimum Gasteiger partial charge on any atom is -0.481 e. The number of rotatable bonds is 1. The third-order valence-electron chi connectivity index (χ3n) is 13.1. The molecule has 5 rings (SSSR count). The SMILES string of the molecule is CC1(C)CC[C@]2(C(=O)O)[C@H](O)C[C@]3(C)C(=CC[C@H]4[C@@]5(C)CC[C@@H](O)C(C)(C)[C@H]5CC[C@]43C)[C@@H]2C1. The van der Waals surface area contributed by atoms with E-state index in [2.05, 4.69) is 54.5 Å². The van der Waals surface area contributed by atoms with Crippen LogP contribution in [0.5, 0.6) is 0 Å². The molecule has 5 aliphatic rings. The number of carbonyl (C=O) groups is 1. The number of aliphatic hydroxyl groups is 2. The number of aliphatic hydroxyl groups excluding tert-OH is 2. The molecule has 4 saturated carbocycles. The second kappa shape index (κ2) is 7.12. The highest BCUT2D eigenvalue weighted by Crippen LogP contribution is 2.75. The van der Waals surface area contributed by atoms with Crippen molar-refractivity contribution in [3.05, 3.63) is 11.6 Å². The van der Waals surface area contributed by atoms with Gasteiger partial charge in [-0.1, -0.05) is 60.1 Å². The minimum atomic E-state index is -1.04. The van der Waals surface area contributed by atoms with Crippen molar-refractivity contribution in [2.24, 2.45) is 50.2 Å². The summed E-state index contributed by atoms with van der Waals surface area (Å²) in [6.07, 6.45) is 9.35. The maximum Gasteiger partial charge on any atom is 0.312 e. The van der Waals surface area contributed by atoms with Gasteiger partial charge in [0.25, 0.3) is 0 Å². The van der Waals surface area contributed by atoms with E-state index in [1.165, 1.54) is 5.57 Å². The van der Waals surface area contributed by atoms with E-state index in [-0.39, 0.29) is 39.1 Å². The van der Waals surface area contributed by atoms with Crippen molar-refractivity contribution in [1.82, 2.24) is 0 Å². The molecule has 0 aromatic heterocycles. The first-order valence-electron chi connectivity index (χ1n) is 13.9. The summed E-state index contributed by atoms with van der Waals surface area (Å²) >= 11 is 0. The molecule has 0 spiro atoms. The standard InChI is InChI=1S/C30H48O4/c1-25(2)14-15-30(24(33)34)19(16-25)18-8-9-21-27(5)12-11-22(31)26(3,4)20(27)10-13-28(21,6)29(18,7)17-23(30)32/h8,19-23,31-32H,9-17H2,1-7H3,(H,33,34)/t19-,20+,21-,22+,23+,27-,28+,29+,30+/m0/s1. The van der Waals surface area contributed by atoms with Crippen LogP contribution >= 0.6 is 0 Å². The number of carboxylic acid groups (broad SMARTS) is 1. The van der Waals surface area contributed by atoms with Crippen LogP contribution in [-0.2, 0) is 4.79 Å². The van der Waals surface area contributed by atoms with E-state index in [0.29, 0.717) is 24.7 Å². The number of hydrogen-bond donors (Lipinski definition) is 3. The molecule has 0 amide bonds. The van der Waals surface area contributed by atoms with E-state index >= 15 is 0 Å². The van der Waals surface area contributed by atoms with Gasteiger partial charge in [0, 0.05) is 0 Å². The van der Waals surface area contributed by atoms with Crippen molar-refractivity contribution in [1.29, 1.82) is 0 Å². The van der Waals surface area contributed by atoms with Gasteiger partial charge in [-0.05, 0) is 103 Å². The largest absolute Gasteiger partial charge is 0.481 e. The monoisotopic (exact) mass is 472 g/mol. The van der Waals surface area contributed by atoms with Gasteiger partial charge in [0.1, 0.15) is 5.41 Å². The van der Waals surface area contributed by atoms with E-state index < -0.39 is 17.5 Å². The molecule has 4 heteroatoms. The van der Waals surface area contributed by atoms with Crippen LogP contribution in [0, 0.1) is 50.2 Å². The zero-order valence-electron chi connectivity index (χ0n) is 22.6. The Morgan fingerprint density at radius 1 is 0.853 bits per heavy atom. The highest BCUT2D eigenvalue weighted by Gasteiger charge is 2.71. The molecule has 0 unspecified atom stereocenters. The second-order valence-electron chi connectivity index (χ2n) is 15.2. The quantitative estimate of drug-likeness (QED) is 0.397. The highest BCUT2D eigenvalue weighted by molar-refractivity contribution is 5.77. The fraction of sp³-hybridized carbons (Fsp3) is 0.900. The molecular weight excluding hydrogens is 424 g/mol. The molecule has 5 aliphatic carbocycles. The number of carboxylic acids is 1. The van der Waals surface area contributed by atoms with E-state index in [9.17, 15) is 20.1 Å². The fourth-order valence-corrected chi connectivity index (χ4v) is 10.7. The van der Waals surface area contributed by atoms with E-state index in [1.54, 1.807) is 0 Å². The summed E-state index contributed by atoms with van der Waals surface area (Å²) in [5.74, 6) is 0.0888. The van der Waals surface area contributed by atoms with Crippen molar-refractivity contribution in [3.63, 3.8) is 0 Å². The third-order valence-corrected chi connectivity index (χ3v) is 13.1. The number of allylic oxidation sites excluding steroid dienone is 2. The predicted octanol–water partition coefficient (Wildman–Crippen LogP) is 6.20. The van der Waals surface area contributed by atoms with Crippen LogP contribution in [-0.4, -0.2) is 33.5 Å². The van der Waals surface area contributed by atoms with Gasteiger partial charge in [-0.2, -0.15) is 0 Å². The Hall–Kier alpha value is -0.870. The van der Waals surface area contributed by atoms with Gasteiger partial charge in [-0.25, -0.2) is 0 Å². The molecule has 0 heterocycles. The van der Waals surface area contributed by atoms with Crippen LogP contribution in [0.25, 0.3) is 0 Å². The molecule has 9 atom stereocenters. The molecule has 0 aromatic rings. The van der Waals surface area contributed by atoms with Crippen LogP contribution in [0.4, 0.5) is 0 Å². The van der Waals surface area contributed by atoms with Crippen LogP contribution < -0.4 is 0 Å². The molecule has 0 saturated heterocycles. The normalized spacial score (nSPS) is 53.4. The minimum absolute atomic E-state index is 0.0218. The molecule has 4 fully saturated rings. The summed E-state index contributed by atoms with van der Waals surface area (Å²) in [6, 6.07) is 0. The van der Waals surface area contributed by atoms with Crippen molar-refractivity contribution in [3.8, 4) is 0 Å². The molecule has 34 heavy (non-hydrogen) atoms. The Bertz CT molecular complexity index is 919. The third kappa shape index (κ3) is 2.82. The van der Waals surface area contributed by atoms with Gasteiger partial charge < -0.3 is 15.3 Å². The first-order chi connectivity index (χ1) is 15.6. The summed E-state index contributed by atoms with van der Waals surface area (Å²) in [4.78, 5) is 12.8. The van der Waals surface area contributed by atoms with Gasteiger partial charge in [0.05, 0.1) is 12.2 Å². The molecule has 0 aromatic carbocycles. The molecule has 4 nitrogen and oxygen atoms in total. The average Bonchev–Trinajstić information content (AvgIpc) is 2.71. The summed E-state index contributed by atoms with van der Waals surface area (Å²) in [7, 11) is 0. The number of aliphatic carboxylic acids is 1. The first kappa shape index (κ1) is 24.8. The van der Waals surface area contributed by atoms with Crippen LogP contribution in [0.3, 0.4) is 0 Å². The van der Waals surface area contributed by atoms with Gasteiger partial charge in [0.2, 0.25) is 0 Å². The van der Waals surface area contributed by atoms with Gasteiger partial charge in [-0.3, -0.25) is 4.79 Å². The van der Waals surface area contributed by atoms with Crippen LogP contribution in [0.2, 0.25) is 0 Å².